The first-order valence-electron chi connectivity index (χ1n) is 5.50. The van der Waals surface area contributed by atoms with Crippen LogP contribution in [0.3, 0.4) is 0 Å². The third-order valence-electron chi connectivity index (χ3n) is 2.46. The first kappa shape index (κ1) is 11.9. The van der Waals surface area contributed by atoms with Gasteiger partial charge in [0.2, 0.25) is 0 Å². The van der Waals surface area contributed by atoms with Crippen LogP contribution >= 0.6 is 0 Å². The molecule has 2 aromatic rings. The van der Waals surface area contributed by atoms with Crippen molar-refractivity contribution in [3.05, 3.63) is 59.7 Å². The molecule has 2 aromatic carbocycles. The van der Waals surface area contributed by atoms with Crippen LogP contribution in [0, 0.1) is 11.3 Å². The monoisotopic (exact) mass is 236 g/mol. The lowest BCUT2D eigenvalue weighted by molar-refractivity contribution is 0.415. The third kappa shape index (κ3) is 2.96. The van der Waals surface area contributed by atoms with E-state index in [1.807, 2.05) is 36.4 Å². The number of benzene rings is 2. The molecule has 2 rings (SSSR count). The van der Waals surface area contributed by atoms with Gasteiger partial charge in [0.1, 0.15) is 5.75 Å². The molecule has 0 bridgehead atoms. The normalized spacial score (nSPS) is 10.2. The summed E-state index contributed by atoms with van der Waals surface area (Å²) in [5.74, 6) is 0.782. The lowest BCUT2D eigenvalue weighted by atomic mass is 10.2. The smallest absolute Gasteiger partial charge is 0.121 e. The lowest BCUT2D eigenvalue weighted by Gasteiger charge is -1.99. The van der Waals surface area contributed by atoms with E-state index in [-0.39, 0.29) is 0 Å². The minimum atomic E-state index is 0.647. The summed E-state index contributed by atoms with van der Waals surface area (Å²) in [4.78, 5) is 4.35. The van der Waals surface area contributed by atoms with E-state index >= 15 is 0 Å². The Morgan fingerprint density at radius 2 is 1.94 bits per heavy atom. The maximum Gasteiger partial charge on any atom is 0.121 e. The number of methoxy groups -OCH3 is 1. The van der Waals surface area contributed by atoms with Gasteiger partial charge in [0.05, 0.1) is 24.4 Å². The van der Waals surface area contributed by atoms with Gasteiger partial charge >= 0.3 is 0 Å². The Balaban J connectivity index is 2.16. The summed E-state index contributed by atoms with van der Waals surface area (Å²) in [6, 6.07) is 16.9. The van der Waals surface area contributed by atoms with Crippen molar-refractivity contribution >= 4 is 11.9 Å². The summed E-state index contributed by atoms with van der Waals surface area (Å²) >= 11 is 0. The third-order valence-corrected chi connectivity index (χ3v) is 2.46. The van der Waals surface area contributed by atoms with Gasteiger partial charge in [-0.25, -0.2) is 0 Å². The van der Waals surface area contributed by atoms with E-state index in [1.165, 1.54) is 0 Å². The molecule has 0 aromatic heterocycles. The highest BCUT2D eigenvalue weighted by molar-refractivity contribution is 5.82. The van der Waals surface area contributed by atoms with Gasteiger partial charge in [0.15, 0.2) is 0 Å². The second-order valence-corrected chi connectivity index (χ2v) is 3.69. The highest BCUT2D eigenvalue weighted by Crippen LogP contribution is 2.19. The minimum absolute atomic E-state index is 0.647. The number of nitrogens with zero attached hydrogens (tertiary/aromatic N) is 2. The second-order valence-electron chi connectivity index (χ2n) is 3.69. The second kappa shape index (κ2) is 5.65. The summed E-state index contributed by atoms with van der Waals surface area (Å²) in [7, 11) is 1.63. The molecule has 0 spiro atoms. The number of rotatable bonds is 3. The fourth-order valence-corrected chi connectivity index (χ4v) is 1.48. The summed E-state index contributed by atoms with van der Waals surface area (Å²) in [5, 5.41) is 8.70. The van der Waals surface area contributed by atoms with Crippen LogP contribution in [0.1, 0.15) is 11.1 Å². The number of nitriles is 1. The predicted octanol–water partition coefficient (Wildman–Crippen LogP) is 3.32. The Morgan fingerprint density at radius 1 is 1.17 bits per heavy atom. The van der Waals surface area contributed by atoms with Crippen LogP contribution < -0.4 is 4.74 Å². The maximum absolute atomic E-state index is 8.70. The van der Waals surface area contributed by atoms with E-state index in [4.69, 9.17) is 10.00 Å². The van der Waals surface area contributed by atoms with Gasteiger partial charge in [0.25, 0.3) is 0 Å². The quantitative estimate of drug-likeness (QED) is 0.767. The van der Waals surface area contributed by atoms with Crippen molar-refractivity contribution in [3.8, 4) is 11.8 Å². The SMILES string of the molecule is COc1cccc(N=Cc2ccc(C#N)cc2)c1. The minimum Gasteiger partial charge on any atom is -0.497 e. The number of aliphatic imine (C=N–C) groups is 1. The average Bonchev–Trinajstić information content (AvgIpc) is 2.46. The Bertz CT molecular complexity index is 595. The van der Waals surface area contributed by atoms with Crippen molar-refractivity contribution in [1.29, 1.82) is 5.26 Å². The molecule has 0 saturated heterocycles. The first-order chi connectivity index (χ1) is 8.81. The van der Waals surface area contributed by atoms with E-state index in [2.05, 4.69) is 11.1 Å². The molecule has 0 saturated carbocycles. The van der Waals surface area contributed by atoms with Gasteiger partial charge < -0.3 is 4.74 Å². The molecule has 0 atom stereocenters. The number of hydrogen-bond donors (Lipinski definition) is 0. The molecule has 88 valence electrons. The van der Waals surface area contributed by atoms with Gasteiger partial charge in [-0.15, -0.1) is 0 Å². The molecule has 0 radical (unpaired) electrons. The predicted molar refractivity (Wildman–Crippen MR) is 71.4 cm³/mol. The van der Waals surface area contributed by atoms with E-state index in [0.717, 1.165) is 17.0 Å². The molecular weight excluding hydrogens is 224 g/mol. The van der Waals surface area contributed by atoms with Crippen LogP contribution in [0.5, 0.6) is 5.75 Å². The van der Waals surface area contributed by atoms with E-state index in [0.29, 0.717) is 5.56 Å². The largest absolute Gasteiger partial charge is 0.497 e. The fourth-order valence-electron chi connectivity index (χ4n) is 1.48. The lowest BCUT2D eigenvalue weighted by Crippen LogP contribution is -1.82. The fraction of sp³-hybridized carbons (Fsp3) is 0.0667. The zero-order valence-corrected chi connectivity index (χ0v) is 10.00. The molecule has 0 aliphatic carbocycles. The molecule has 18 heavy (non-hydrogen) atoms. The van der Waals surface area contributed by atoms with Gasteiger partial charge in [-0.05, 0) is 29.8 Å². The average molecular weight is 236 g/mol. The van der Waals surface area contributed by atoms with Crippen LogP contribution in [0.15, 0.2) is 53.5 Å². The van der Waals surface area contributed by atoms with E-state index < -0.39 is 0 Å². The molecule has 0 amide bonds. The molecule has 0 N–H and O–H groups in total. The van der Waals surface area contributed by atoms with Crippen molar-refractivity contribution in [1.82, 2.24) is 0 Å². The molecule has 0 aliphatic rings. The summed E-state index contributed by atoms with van der Waals surface area (Å²) in [5.41, 5.74) is 2.43. The molecule has 0 unspecified atom stereocenters. The van der Waals surface area contributed by atoms with Crippen LogP contribution in [0.2, 0.25) is 0 Å². The molecule has 3 heteroatoms. The number of ether oxygens (including phenoxy) is 1. The Hall–Kier alpha value is -2.60. The standard InChI is InChI=1S/C15H12N2O/c1-18-15-4-2-3-14(9-15)17-11-13-7-5-12(10-16)6-8-13/h2-9,11H,1H3. The summed E-state index contributed by atoms with van der Waals surface area (Å²) in [6.45, 7) is 0. The molecular formula is C15H12N2O. The van der Waals surface area contributed by atoms with Crippen molar-refractivity contribution in [3.63, 3.8) is 0 Å². The highest BCUT2D eigenvalue weighted by atomic mass is 16.5. The van der Waals surface area contributed by atoms with Gasteiger partial charge in [-0.3, -0.25) is 4.99 Å². The van der Waals surface area contributed by atoms with Crippen LogP contribution in [0.4, 0.5) is 5.69 Å². The van der Waals surface area contributed by atoms with Crippen LogP contribution in [0.25, 0.3) is 0 Å². The molecule has 3 nitrogen and oxygen atoms in total. The molecule has 0 fully saturated rings. The Morgan fingerprint density at radius 3 is 2.61 bits per heavy atom. The van der Waals surface area contributed by atoms with Crippen molar-refractivity contribution < 1.29 is 4.74 Å². The van der Waals surface area contributed by atoms with Gasteiger partial charge in [-0.2, -0.15) is 5.26 Å². The topological polar surface area (TPSA) is 45.4 Å². The molecule has 0 heterocycles. The number of hydrogen-bond acceptors (Lipinski definition) is 3. The molecule has 0 aliphatic heterocycles. The van der Waals surface area contributed by atoms with Gasteiger partial charge in [0, 0.05) is 12.3 Å². The van der Waals surface area contributed by atoms with Crippen molar-refractivity contribution in [2.45, 2.75) is 0 Å². The van der Waals surface area contributed by atoms with Crippen LogP contribution in [-0.4, -0.2) is 13.3 Å². The first-order valence-corrected chi connectivity index (χ1v) is 5.50. The summed E-state index contributed by atoms with van der Waals surface area (Å²) in [6.07, 6.45) is 1.76. The van der Waals surface area contributed by atoms with Crippen molar-refractivity contribution in [2.24, 2.45) is 4.99 Å². The van der Waals surface area contributed by atoms with Gasteiger partial charge in [-0.1, -0.05) is 18.2 Å². The Labute approximate surface area is 106 Å². The summed E-state index contributed by atoms with van der Waals surface area (Å²) < 4.78 is 5.13. The van der Waals surface area contributed by atoms with Crippen LogP contribution in [-0.2, 0) is 0 Å². The zero-order chi connectivity index (χ0) is 12.8. The van der Waals surface area contributed by atoms with Crippen molar-refractivity contribution in [2.75, 3.05) is 7.11 Å². The Kier molecular flexibility index (Phi) is 3.72. The van der Waals surface area contributed by atoms with E-state index in [9.17, 15) is 0 Å². The van der Waals surface area contributed by atoms with E-state index in [1.54, 1.807) is 25.5 Å². The zero-order valence-electron chi connectivity index (χ0n) is 10.00. The highest BCUT2D eigenvalue weighted by Gasteiger charge is 1.93. The maximum atomic E-state index is 8.70.